The van der Waals surface area contributed by atoms with Gasteiger partial charge in [0.05, 0.1) is 11.7 Å². The van der Waals surface area contributed by atoms with Gasteiger partial charge in [0, 0.05) is 10.9 Å². The molecule has 2 aromatic rings. The Balaban J connectivity index is 2.63. The van der Waals surface area contributed by atoms with Gasteiger partial charge in [-0.2, -0.15) is 0 Å². The summed E-state index contributed by atoms with van der Waals surface area (Å²) in [6.07, 6.45) is 4.36. The van der Waals surface area contributed by atoms with Crippen molar-refractivity contribution < 1.29 is 4.39 Å². The van der Waals surface area contributed by atoms with Crippen LogP contribution in [0.5, 0.6) is 0 Å². The molecule has 1 radical (unpaired) electrons. The van der Waals surface area contributed by atoms with Gasteiger partial charge in [0.15, 0.2) is 0 Å². The summed E-state index contributed by atoms with van der Waals surface area (Å²) in [6, 6.07) is 7.22. The van der Waals surface area contributed by atoms with Crippen LogP contribution in [0.1, 0.15) is 18.9 Å². The number of fused-ring (bicyclic) bond motifs is 1. The van der Waals surface area contributed by atoms with Crippen LogP contribution in [-0.2, 0) is 6.42 Å². The number of rotatable bonds is 2. The molecule has 0 N–H and O–H groups in total. The van der Waals surface area contributed by atoms with Crippen molar-refractivity contribution in [1.82, 2.24) is 4.98 Å². The zero-order valence-corrected chi connectivity index (χ0v) is 8.05. The van der Waals surface area contributed by atoms with Gasteiger partial charge in [-0.25, -0.2) is 9.37 Å². The molecule has 14 heavy (non-hydrogen) atoms. The molecule has 0 unspecified atom stereocenters. The van der Waals surface area contributed by atoms with E-state index in [-0.39, 0.29) is 5.82 Å². The second-order valence-corrected chi connectivity index (χ2v) is 3.28. The normalized spacial score (nSPS) is 10.7. The van der Waals surface area contributed by atoms with E-state index in [1.807, 2.05) is 19.1 Å². The van der Waals surface area contributed by atoms with Crippen molar-refractivity contribution in [2.75, 3.05) is 0 Å². The summed E-state index contributed by atoms with van der Waals surface area (Å²) in [7, 11) is 0. The SMILES string of the molecule is CCCc1[c]nc2ccccc2c1F. The molecule has 0 fully saturated rings. The summed E-state index contributed by atoms with van der Waals surface area (Å²) < 4.78 is 13.8. The lowest BCUT2D eigenvalue weighted by molar-refractivity contribution is 0.616. The fourth-order valence-corrected chi connectivity index (χ4v) is 1.51. The minimum absolute atomic E-state index is 0.169. The second-order valence-electron chi connectivity index (χ2n) is 3.28. The van der Waals surface area contributed by atoms with E-state index >= 15 is 0 Å². The van der Waals surface area contributed by atoms with Crippen molar-refractivity contribution in [3.05, 3.63) is 41.8 Å². The summed E-state index contributed by atoms with van der Waals surface area (Å²) in [6.45, 7) is 2.02. The van der Waals surface area contributed by atoms with Crippen LogP contribution in [0.15, 0.2) is 24.3 Å². The van der Waals surface area contributed by atoms with E-state index in [1.54, 1.807) is 12.1 Å². The molecule has 71 valence electrons. The van der Waals surface area contributed by atoms with Crippen LogP contribution >= 0.6 is 0 Å². The van der Waals surface area contributed by atoms with Crippen LogP contribution in [0.25, 0.3) is 10.9 Å². The molecule has 1 heterocycles. The third-order valence-corrected chi connectivity index (χ3v) is 2.22. The highest BCUT2D eigenvalue weighted by Gasteiger charge is 2.06. The van der Waals surface area contributed by atoms with Gasteiger partial charge < -0.3 is 0 Å². The second kappa shape index (κ2) is 3.74. The highest BCUT2D eigenvalue weighted by atomic mass is 19.1. The van der Waals surface area contributed by atoms with Gasteiger partial charge >= 0.3 is 0 Å². The summed E-state index contributed by atoms with van der Waals surface area (Å²) in [5, 5.41) is 0.592. The minimum Gasteiger partial charge on any atom is -0.246 e. The predicted molar refractivity (Wildman–Crippen MR) is 54.5 cm³/mol. The quantitative estimate of drug-likeness (QED) is 0.705. The van der Waals surface area contributed by atoms with Crippen molar-refractivity contribution in [2.24, 2.45) is 0 Å². The first-order valence-corrected chi connectivity index (χ1v) is 4.77. The monoisotopic (exact) mass is 188 g/mol. The van der Waals surface area contributed by atoms with Gasteiger partial charge in [0.1, 0.15) is 5.82 Å². The van der Waals surface area contributed by atoms with E-state index in [0.29, 0.717) is 22.9 Å². The fourth-order valence-electron chi connectivity index (χ4n) is 1.51. The van der Waals surface area contributed by atoms with E-state index in [4.69, 9.17) is 0 Å². The smallest absolute Gasteiger partial charge is 0.138 e. The number of benzene rings is 1. The Morgan fingerprint density at radius 2 is 2.14 bits per heavy atom. The Bertz CT molecular complexity index is 451. The van der Waals surface area contributed by atoms with Crippen LogP contribution in [0, 0.1) is 12.0 Å². The van der Waals surface area contributed by atoms with Gasteiger partial charge in [0.2, 0.25) is 0 Å². The first-order valence-electron chi connectivity index (χ1n) is 4.77. The van der Waals surface area contributed by atoms with Gasteiger partial charge in [-0.3, -0.25) is 0 Å². The lowest BCUT2D eigenvalue weighted by atomic mass is 10.1. The molecule has 1 aromatic heterocycles. The lowest BCUT2D eigenvalue weighted by Crippen LogP contribution is -1.94. The van der Waals surface area contributed by atoms with E-state index in [1.165, 1.54) is 0 Å². The molecular formula is C12H11FN. The molecule has 0 spiro atoms. The topological polar surface area (TPSA) is 12.9 Å². The zero-order valence-electron chi connectivity index (χ0n) is 8.05. The zero-order chi connectivity index (χ0) is 9.97. The highest BCUT2D eigenvalue weighted by Crippen LogP contribution is 2.18. The Labute approximate surface area is 82.6 Å². The standard InChI is InChI=1S/C12H11FN/c1-2-5-9-8-14-11-7-4-3-6-10(11)12(9)13/h3-4,6-7H,2,5H2,1H3. The summed E-state index contributed by atoms with van der Waals surface area (Å²) in [4.78, 5) is 4.10. The number of hydrogen-bond acceptors (Lipinski definition) is 1. The van der Waals surface area contributed by atoms with Crippen LogP contribution in [0.4, 0.5) is 4.39 Å². The molecule has 0 saturated carbocycles. The van der Waals surface area contributed by atoms with Crippen molar-refractivity contribution in [1.29, 1.82) is 0 Å². The number of pyridine rings is 1. The summed E-state index contributed by atoms with van der Waals surface area (Å²) in [5.41, 5.74) is 1.26. The first-order chi connectivity index (χ1) is 6.83. The Morgan fingerprint density at radius 3 is 2.93 bits per heavy atom. The first kappa shape index (κ1) is 9.13. The molecule has 2 rings (SSSR count). The third kappa shape index (κ3) is 1.48. The van der Waals surface area contributed by atoms with Gasteiger partial charge in [-0.05, 0) is 18.6 Å². The van der Waals surface area contributed by atoms with Crippen molar-refractivity contribution in [2.45, 2.75) is 19.8 Å². The fraction of sp³-hybridized carbons (Fsp3) is 0.250. The van der Waals surface area contributed by atoms with E-state index < -0.39 is 0 Å². The van der Waals surface area contributed by atoms with Gasteiger partial charge in [-0.1, -0.05) is 25.5 Å². The number of halogens is 1. The third-order valence-electron chi connectivity index (χ3n) is 2.22. The number of para-hydroxylation sites is 1. The Morgan fingerprint density at radius 1 is 1.36 bits per heavy atom. The largest absolute Gasteiger partial charge is 0.246 e. The summed E-state index contributed by atoms with van der Waals surface area (Å²) in [5.74, 6) is -0.169. The lowest BCUT2D eigenvalue weighted by Gasteiger charge is -2.03. The van der Waals surface area contributed by atoms with Gasteiger partial charge in [0.25, 0.3) is 0 Å². The Hall–Kier alpha value is -1.44. The maximum Gasteiger partial charge on any atom is 0.138 e. The maximum atomic E-state index is 13.8. The van der Waals surface area contributed by atoms with Crippen molar-refractivity contribution in [3.63, 3.8) is 0 Å². The molecule has 0 saturated heterocycles. The molecule has 0 bridgehead atoms. The van der Waals surface area contributed by atoms with Crippen molar-refractivity contribution in [3.8, 4) is 0 Å². The molecule has 2 heteroatoms. The van der Waals surface area contributed by atoms with Crippen LogP contribution in [-0.4, -0.2) is 4.98 Å². The van der Waals surface area contributed by atoms with Crippen LogP contribution in [0.2, 0.25) is 0 Å². The van der Waals surface area contributed by atoms with E-state index in [9.17, 15) is 4.39 Å². The number of aryl methyl sites for hydroxylation is 1. The van der Waals surface area contributed by atoms with Crippen LogP contribution in [0.3, 0.4) is 0 Å². The average molecular weight is 188 g/mol. The molecular weight excluding hydrogens is 177 g/mol. The molecule has 0 aliphatic rings. The number of hydrogen-bond donors (Lipinski definition) is 0. The summed E-state index contributed by atoms with van der Waals surface area (Å²) >= 11 is 0. The number of aromatic nitrogens is 1. The molecule has 0 atom stereocenters. The molecule has 0 amide bonds. The van der Waals surface area contributed by atoms with Gasteiger partial charge in [-0.15, -0.1) is 0 Å². The van der Waals surface area contributed by atoms with Crippen molar-refractivity contribution >= 4 is 10.9 Å². The molecule has 0 aliphatic heterocycles. The molecule has 1 nitrogen and oxygen atoms in total. The number of nitrogens with zero attached hydrogens (tertiary/aromatic N) is 1. The van der Waals surface area contributed by atoms with E-state index in [2.05, 4.69) is 11.2 Å². The Kier molecular flexibility index (Phi) is 2.44. The average Bonchev–Trinajstić information content (AvgIpc) is 2.23. The molecule has 1 aromatic carbocycles. The predicted octanol–water partition coefficient (Wildman–Crippen LogP) is 3.13. The van der Waals surface area contributed by atoms with E-state index in [0.717, 1.165) is 6.42 Å². The molecule has 0 aliphatic carbocycles. The maximum absolute atomic E-state index is 13.8. The van der Waals surface area contributed by atoms with Crippen LogP contribution < -0.4 is 0 Å². The minimum atomic E-state index is -0.169. The highest BCUT2D eigenvalue weighted by molar-refractivity contribution is 5.79.